The smallest absolute Gasteiger partial charge is 0.320 e. The molecule has 0 aromatic carbocycles. The van der Waals surface area contributed by atoms with E-state index in [0.717, 1.165) is 58.5 Å². The number of rotatable bonds is 3. The van der Waals surface area contributed by atoms with E-state index in [-0.39, 0.29) is 12.0 Å². The number of nitrogens with one attached hydrogen (secondary N) is 2. The third-order valence-electron chi connectivity index (χ3n) is 5.76. The molecule has 0 atom stereocenters. The molecule has 0 aromatic rings. The molecule has 2 aliphatic heterocycles. The zero-order chi connectivity index (χ0) is 17.7. The molecule has 3 rings (SSSR count). The number of carbonyl (C=O) groups excluding carboxylic acids is 2. The maximum absolute atomic E-state index is 12.7. The van der Waals surface area contributed by atoms with E-state index >= 15 is 0 Å². The fourth-order valence-corrected chi connectivity index (χ4v) is 4.39. The van der Waals surface area contributed by atoms with Crippen LogP contribution in [0.25, 0.3) is 0 Å². The molecule has 2 saturated heterocycles. The van der Waals surface area contributed by atoms with Gasteiger partial charge < -0.3 is 15.0 Å². The summed E-state index contributed by atoms with van der Waals surface area (Å²) in [5.74, 6) is -0.321. The van der Waals surface area contributed by atoms with E-state index in [1.807, 2.05) is 4.90 Å². The first-order valence-corrected chi connectivity index (χ1v) is 9.79. The van der Waals surface area contributed by atoms with E-state index < -0.39 is 5.72 Å². The number of urea groups is 1. The predicted molar refractivity (Wildman–Crippen MR) is 95.2 cm³/mol. The van der Waals surface area contributed by atoms with Gasteiger partial charge in [-0.3, -0.25) is 15.0 Å². The second kappa shape index (κ2) is 8.36. The summed E-state index contributed by atoms with van der Waals surface area (Å²) in [6, 6.07) is 0.560. The largest absolute Gasteiger partial charge is 0.439 e. The summed E-state index contributed by atoms with van der Waals surface area (Å²) in [5, 5.41) is 6.45. The highest BCUT2D eigenvalue weighted by Gasteiger charge is 2.38. The average molecular weight is 352 g/mol. The molecule has 1 aliphatic carbocycles. The molecule has 25 heavy (non-hydrogen) atoms. The van der Waals surface area contributed by atoms with Crippen molar-refractivity contribution in [2.45, 2.75) is 63.6 Å². The lowest BCUT2D eigenvalue weighted by molar-refractivity contribution is -0.163. The minimum atomic E-state index is -0.798. The van der Waals surface area contributed by atoms with Crippen LogP contribution >= 0.6 is 0 Å². The van der Waals surface area contributed by atoms with Gasteiger partial charge in [-0.2, -0.15) is 0 Å². The van der Waals surface area contributed by atoms with Crippen LogP contribution in [0, 0.1) is 0 Å². The quantitative estimate of drug-likeness (QED) is 0.591. The number of piperazine rings is 1. The van der Waals surface area contributed by atoms with Crippen LogP contribution in [0.15, 0.2) is 0 Å². The normalized spacial score (nSPS) is 25.4. The van der Waals surface area contributed by atoms with Crippen molar-refractivity contribution in [3.05, 3.63) is 0 Å². The van der Waals surface area contributed by atoms with Crippen molar-refractivity contribution in [1.29, 1.82) is 0 Å². The molecule has 0 radical (unpaired) electrons. The van der Waals surface area contributed by atoms with Crippen LogP contribution in [0.2, 0.25) is 0 Å². The van der Waals surface area contributed by atoms with Crippen LogP contribution in [0.4, 0.5) is 4.79 Å². The molecule has 0 bridgehead atoms. The predicted octanol–water partition coefficient (Wildman–Crippen LogP) is 1.29. The molecule has 2 amide bonds. The van der Waals surface area contributed by atoms with Gasteiger partial charge in [0, 0.05) is 52.0 Å². The lowest BCUT2D eigenvalue weighted by Crippen LogP contribution is -2.60. The van der Waals surface area contributed by atoms with Gasteiger partial charge in [0.2, 0.25) is 0 Å². The number of hydrogen-bond donors (Lipinski definition) is 2. The monoisotopic (exact) mass is 352 g/mol. The second-order valence-electron chi connectivity index (χ2n) is 7.58. The van der Waals surface area contributed by atoms with E-state index in [0.29, 0.717) is 18.9 Å². The first kappa shape index (κ1) is 18.5. The Hall–Kier alpha value is -1.34. The molecule has 0 aromatic heterocycles. The number of piperidine rings is 1. The Balaban J connectivity index is 1.51. The summed E-state index contributed by atoms with van der Waals surface area (Å²) in [6.45, 7) is 6.95. The average Bonchev–Trinajstić information content (AvgIpc) is 2.62. The van der Waals surface area contributed by atoms with Crippen molar-refractivity contribution < 1.29 is 14.3 Å². The molecule has 0 unspecified atom stereocenters. The first-order chi connectivity index (χ1) is 12.1. The summed E-state index contributed by atoms with van der Waals surface area (Å²) in [6.07, 6.45) is 6.92. The van der Waals surface area contributed by atoms with Crippen LogP contribution in [0.1, 0.15) is 51.9 Å². The van der Waals surface area contributed by atoms with E-state index in [1.54, 1.807) is 0 Å². The summed E-state index contributed by atoms with van der Waals surface area (Å²) in [5.41, 5.74) is -0.798. The summed E-state index contributed by atoms with van der Waals surface area (Å²) >= 11 is 0. The zero-order valence-electron chi connectivity index (χ0n) is 15.4. The van der Waals surface area contributed by atoms with Crippen molar-refractivity contribution in [3.63, 3.8) is 0 Å². The standard InChI is InChI=1S/C18H32N4O3/c1-15(23)25-18(7-3-2-4-8-18)20-17(24)22-13-11-21(12-14-22)16-5-9-19-10-6-16/h16,19H,2-14H2,1H3,(H,20,24). The molecule has 142 valence electrons. The van der Waals surface area contributed by atoms with E-state index in [9.17, 15) is 9.59 Å². The third kappa shape index (κ3) is 4.85. The third-order valence-corrected chi connectivity index (χ3v) is 5.76. The van der Waals surface area contributed by atoms with Gasteiger partial charge in [0.25, 0.3) is 0 Å². The van der Waals surface area contributed by atoms with Crippen LogP contribution in [-0.4, -0.2) is 72.8 Å². The van der Waals surface area contributed by atoms with E-state index in [1.165, 1.54) is 19.8 Å². The minimum Gasteiger partial charge on any atom is -0.439 e. The Bertz CT molecular complexity index is 465. The van der Waals surface area contributed by atoms with Gasteiger partial charge in [-0.1, -0.05) is 6.42 Å². The number of esters is 1. The van der Waals surface area contributed by atoms with Crippen molar-refractivity contribution in [3.8, 4) is 0 Å². The van der Waals surface area contributed by atoms with E-state index in [4.69, 9.17) is 4.74 Å². The maximum atomic E-state index is 12.7. The molecule has 0 spiro atoms. The number of hydrogen-bond acceptors (Lipinski definition) is 5. The van der Waals surface area contributed by atoms with Crippen LogP contribution < -0.4 is 10.6 Å². The summed E-state index contributed by atoms with van der Waals surface area (Å²) < 4.78 is 5.54. The number of ether oxygens (including phenoxy) is 1. The van der Waals surface area contributed by atoms with Gasteiger partial charge in [0.05, 0.1) is 0 Å². The molecule has 1 saturated carbocycles. The van der Waals surface area contributed by atoms with Crippen LogP contribution in [0.5, 0.6) is 0 Å². The Labute approximate surface area is 150 Å². The second-order valence-corrected chi connectivity index (χ2v) is 7.58. The SMILES string of the molecule is CC(=O)OC1(NC(=O)N2CCN(C3CCNCC3)CC2)CCCCC1. The van der Waals surface area contributed by atoms with Gasteiger partial charge in [-0.05, 0) is 38.8 Å². The summed E-state index contributed by atoms with van der Waals surface area (Å²) in [4.78, 5) is 28.6. The topological polar surface area (TPSA) is 73.9 Å². The molecule has 2 heterocycles. The Morgan fingerprint density at radius 2 is 1.68 bits per heavy atom. The maximum Gasteiger partial charge on any atom is 0.320 e. The van der Waals surface area contributed by atoms with Crippen LogP contribution in [-0.2, 0) is 9.53 Å². The van der Waals surface area contributed by atoms with Crippen molar-refractivity contribution in [2.75, 3.05) is 39.3 Å². The molecule has 7 nitrogen and oxygen atoms in total. The number of amides is 2. The fraction of sp³-hybridized carbons (Fsp3) is 0.889. The van der Waals surface area contributed by atoms with Gasteiger partial charge in [0.1, 0.15) is 0 Å². The fourth-order valence-electron chi connectivity index (χ4n) is 4.39. The molecule has 7 heteroatoms. The number of carbonyl (C=O) groups is 2. The lowest BCUT2D eigenvalue weighted by atomic mass is 9.91. The highest BCUT2D eigenvalue weighted by molar-refractivity contribution is 5.76. The molecular formula is C18H32N4O3. The Morgan fingerprint density at radius 1 is 1.04 bits per heavy atom. The highest BCUT2D eigenvalue weighted by Crippen LogP contribution is 2.30. The van der Waals surface area contributed by atoms with Crippen molar-refractivity contribution in [1.82, 2.24) is 20.4 Å². The van der Waals surface area contributed by atoms with Gasteiger partial charge in [-0.25, -0.2) is 4.79 Å². The van der Waals surface area contributed by atoms with Gasteiger partial charge in [-0.15, -0.1) is 0 Å². The number of nitrogens with zero attached hydrogens (tertiary/aromatic N) is 2. The Kier molecular flexibility index (Phi) is 6.17. The van der Waals surface area contributed by atoms with Crippen LogP contribution in [0.3, 0.4) is 0 Å². The van der Waals surface area contributed by atoms with E-state index in [2.05, 4.69) is 15.5 Å². The molecular weight excluding hydrogens is 320 g/mol. The van der Waals surface area contributed by atoms with Crippen molar-refractivity contribution in [2.24, 2.45) is 0 Å². The lowest BCUT2D eigenvalue weighted by Gasteiger charge is -2.43. The molecule has 3 fully saturated rings. The van der Waals surface area contributed by atoms with Gasteiger partial charge >= 0.3 is 12.0 Å². The zero-order valence-corrected chi connectivity index (χ0v) is 15.4. The minimum absolute atomic E-state index is 0.0897. The first-order valence-electron chi connectivity index (χ1n) is 9.79. The Morgan fingerprint density at radius 3 is 2.28 bits per heavy atom. The highest BCUT2D eigenvalue weighted by atomic mass is 16.6. The van der Waals surface area contributed by atoms with Crippen molar-refractivity contribution >= 4 is 12.0 Å². The molecule has 2 N–H and O–H groups in total. The summed E-state index contributed by atoms with van der Waals surface area (Å²) in [7, 11) is 0. The molecule has 3 aliphatic rings. The van der Waals surface area contributed by atoms with Gasteiger partial charge in [0.15, 0.2) is 5.72 Å².